The number of nitrogens with zero attached hydrogens (tertiary/aromatic N) is 2. The lowest BCUT2D eigenvalue weighted by atomic mass is 10.1. The van der Waals surface area contributed by atoms with Crippen LogP contribution in [0, 0.1) is 6.92 Å². The Balaban J connectivity index is 2.03. The van der Waals surface area contributed by atoms with Crippen molar-refractivity contribution in [2.45, 2.75) is 57.5 Å². The molecule has 3 rings (SSSR count). The van der Waals surface area contributed by atoms with Crippen LogP contribution < -0.4 is 14.4 Å². The number of methoxy groups -OCH3 is 1. The van der Waals surface area contributed by atoms with E-state index in [4.69, 9.17) is 16.3 Å². The van der Waals surface area contributed by atoms with Crippen molar-refractivity contribution in [1.82, 2.24) is 10.2 Å². The molecule has 10 heteroatoms. The average molecular weight is 600 g/mol. The second kappa shape index (κ2) is 14.9. The Bertz CT molecular complexity index is 1410. The molecule has 0 saturated carbocycles. The fourth-order valence-corrected chi connectivity index (χ4v) is 5.94. The summed E-state index contributed by atoms with van der Waals surface area (Å²) < 4.78 is 34.1. The van der Waals surface area contributed by atoms with Crippen LogP contribution in [0.2, 0.25) is 5.02 Å². The highest BCUT2D eigenvalue weighted by atomic mass is 35.5. The van der Waals surface area contributed by atoms with Crippen molar-refractivity contribution in [2.24, 2.45) is 0 Å². The summed E-state index contributed by atoms with van der Waals surface area (Å²) in [4.78, 5) is 28.8. The number of nitrogens with one attached hydrogen (secondary N) is 1. The molecule has 0 saturated heterocycles. The van der Waals surface area contributed by atoms with Crippen LogP contribution in [0.1, 0.15) is 44.2 Å². The van der Waals surface area contributed by atoms with Crippen molar-refractivity contribution in [3.8, 4) is 5.75 Å². The number of hydrogen-bond donors (Lipinski definition) is 1. The van der Waals surface area contributed by atoms with Gasteiger partial charge in [-0.25, -0.2) is 8.42 Å². The number of amides is 2. The van der Waals surface area contributed by atoms with Crippen LogP contribution in [0.3, 0.4) is 0 Å². The molecule has 1 atom stereocenters. The van der Waals surface area contributed by atoms with E-state index in [-0.39, 0.29) is 23.0 Å². The fraction of sp³-hybridized carbons (Fsp3) is 0.355. The molecule has 0 fully saturated rings. The molecular weight excluding hydrogens is 562 g/mol. The van der Waals surface area contributed by atoms with E-state index in [9.17, 15) is 18.0 Å². The van der Waals surface area contributed by atoms with Gasteiger partial charge in [0.05, 0.1) is 17.7 Å². The highest BCUT2D eigenvalue weighted by Gasteiger charge is 2.33. The van der Waals surface area contributed by atoms with E-state index in [1.165, 1.54) is 30.2 Å². The third-order valence-corrected chi connectivity index (χ3v) is 8.73. The minimum atomic E-state index is -4.20. The largest absolute Gasteiger partial charge is 0.497 e. The number of benzene rings is 3. The molecule has 0 bridgehead atoms. The summed E-state index contributed by atoms with van der Waals surface area (Å²) in [6, 6.07) is 19.2. The number of unbranched alkanes of at least 4 members (excludes halogenated alkanes) is 1. The van der Waals surface area contributed by atoms with Crippen LogP contribution in [0.15, 0.2) is 77.7 Å². The molecule has 220 valence electrons. The smallest absolute Gasteiger partial charge is 0.264 e. The molecule has 0 spiro atoms. The maximum Gasteiger partial charge on any atom is 0.264 e. The van der Waals surface area contributed by atoms with Gasteiger partial charge in [0.1, 0.15) is 18.3 Å². The summed E-state index contributed by atoms with van der Waals surface area (Å²) in [6.07, 6.45) is 2.09. The van der Waals surface area contributed by atoms with Gasteiger partial charge in [-0.15, -0.1) is 0 Å². The minimum Gasteiger partial charge on any atom is -0.497 e. The van der Waals surface area contributed by atoms with Gasteiger partial charge >= 0.3 is 0 Å². The molecule has 0 heterocycles. The Morgan fingerprint density at radius 2 is 1.68 bits per heavy atom. The molecule has 0 aliphatic rings. The summed E-state index contributed by atoms with van der Waals surface area (Å²) in [7, 11) is -2.71. The van der Waals surface area contributed by atoms with E-state index in [1.54, 1.807) is 30.3 Å². The first kappa shape index (κ1) is 32.0. The zero-order chi connectivity index (χ0) is 30.0. The monoisotopic (exact) mass is 599 g/mol. The molecule has 2 amide bonds. The Labute approximate surface area is 248 Å². The second-order valence-electron chi connectivity index (χ2n) is 9.74. The molecule has 3 aromatic carbocycles. The van der Waals surface area contributed by atoms with E-state index in [2.05, 4.69) is 5.32 Å². The topological polar surface area (TPSA) is 96.0 Å². The molecular formula is C31H38ClN3O5S. The lowest BCUT2D eigenvalue weighted by Crippen LogP contribution is -2.52. The van der Waals surface area contributed by atoms with Crippen molar-refractivity contribution < 1.29 is 22.7 Å². The van der Waals surface area contributed by atoms with Crippen molar-refractivity contribution in [2.75, 3.05) is 24.5 Å². The lowest BCUT2D eigenvalue weighted by Gasteiger charge is -2.33. The van der Waals surface area contributed by atoms with E-state index in [0.29, 0.717) is 23.7 Å². The zero-order valence-electron chi connectivity index (χ0n) is 24.0. The third kappa shape index (κ3) is 8.47. The molecule has 1 N–H and O–H groups in total. The van der Waals surface area contributed by atoms with Gasteiger partial charge < -0.3 is 15.0 Å². The number of carbonyl (C=O) groups excluding carboxylic acids is 2. The van der Waals surface area contributed by atoms with Gasteiger partial charge in [-0.3, -0.25) is 13.9 Å². The maximum absolute atomic E-state index is 14.1. The van der Waals surface area contributed by atoms with E-state index >= 15 is 0 Å². The van der Waals surface area contributed by atoms with Gasteiger partial charge in [-0.05, 0) is 67.8 Å². The molecule has 0 aliphatic carbocycles. The SMILES string of the molecule is CCCCNC(=O)[C@@H](CC)N(Cc1ccc(C)cc1)C(=O)CN(c1cccc(Cl)c1)S(=O)(=O)c1ccc(OC)cc1. The Morgan fingerprint density at radius 3 is 2.27 bits per heavy atom. The minimum absolute atomic E-state index is 0.0134. The van der Waals surface area contributed by atoms with Crippen LogP contribution in [0.4, 0.5) is 5.69 Å². The predicted molar refractivity (Wildman–Crippen MR) is 163 cm³/mol. The summed E-state index contributed by atoms with van der Waals surface area (Å²) in [6.45, 7) is 5.95. The molecule has 0 aromatic heterocycles. The van der Waals surface area contributed by atoms with Crippen molar-refractivity contribution in [3.05, 3.63) is 88.9 Å². The van der Waals surface area contributed by atoms with Crippen LogP contribution in [0.5, 0.6) is 5.75 Å². The van der Waals surface area contributed by atoms with Crippen LogP contribution >= 0.6 is 11.6 Å². The van der Waals surface area contributed by atoms with Crippen LogP contribution in [-0.4, -0.2) is 51.4 Å². The van der Waals surface area contributed by atoms with Gasteiger partial charge in [0, 0.05) is 18.1 Å². The number of rotatable bonds is 14. The van der Waals surface area contributed by atoms with Gasteiger partial charge in [0.25, 0.3) is 10.0 Å². The Kier molecular flexibility index (Phi) is 11.6. The lowest BCUT2D eigenvalue weighted by molar-refractivity contribution is -0.140. The first-order valence-electron chi connectivity index (χ1n) is 13.7. The maximum atomic E-state index is 14.1. The molecule has 0 aliphatic heterocycles. The number of carbonyl (C=O) groups is 2. The van der Waals surface area contributed by atoms with Gasteiger partial charge in [0.15, 0.2) is 0 Å². The normalized spacial score (nSPS) is 11.9. The third-order valence-electron chi connectivity index (χ3n) is 6.71. The summed E-state index contributed by atoms with van der Waals surface area (Å²) in [5.74, 6) is -0.285. The van der Waals surface area contributed by atoms with E-state index in [0.717, 1.165) is 28.3 Å². The number of halogens is 1. The Morgan fingerprint density at radius 1 is 1.00 bits per heavy atom. The second-order valence-corrected chi connectivity index (χ2v) is 12.0. The standard InChI is InChI=1S/C31H38ClN3O5S/c1-5-7-19-33-31(37)29(6-2)34(21-24-13-11-23(3)12-14-24)30(36)22-35(26-10-8-9-25(32)20-26)41(38,39)28-17-15-27(40-4)16-18-28/h8-18,20,29H,5-7,19,21-22H2,1-4H3,(H,33,37)/t29-/m1/s1. The first-order valence-corrected chi connectivity index (χ1v) is 15.5. The Hall–Kier alpha value is -3.56. The van der Waals surface area contributed by atoms with Crippen molar-refractivity contribution >= 4 is 39.1 Å². The summed E-state index contributed by atoms with van der Waals surface area (Å²) >= 11 is 6.23. The van der Waals surface area contributed by atoms with E-state index < -0.39 is 28.5 Å². The summed E-state index contributed by atoms with van der Waals surface area (Å²) in [5, 5.41) is 3.25. The van der Waals surface area contributed by atoms with Gasteiger partial charge in [-0.1, -0.05) is 67.8 Å². The molecule has 8 nitrogen and oxygen atoms in total. The quantitative estimate of drug-likeness (QED) is 0.244. The molecule has 0 radical (unpaired) electrons. The predicted octanol–water partition coefficient (Wildman–Crippen LogP) is 5.58. The number of ether oxygens (including phenoxy) is 1. The zero-order valence-corrected chi connectivity index (χ0v) is 25.5. The fourth-order valence-electron chi connectivity index (χ4n) is 4.35. The number of anilines is 1. The van der Waals surface area contributed by atoms with Gasteiger partial charge in [-0.2, -0.15) is 0 Å². The van der Waals surface area contributed by atoms with Gasteiger partial charge in [0.2, 0.25) is 11.8 Å². The van der Waals surface area contributed by atoms with E-state index in [1.807, 2.05) is 45.0 Å². The summed E-state index contributed by atoms with van der Waals surface area (Å²) in [5.41, 5.74) is 2.13. The average Bonchev–Trinajstić information content (AvgIpc) is 2.96. The molecule has 3 aromatic rings. The van der Waals surface area contributed by atoms with Crippen LogP contribution in [-0.2, 0) is 26.2 Å². The van der Waals surface area contributed by atoms with Crippen molar-refractivity contribution in [3.63, 3.8) is 0 Å². The molecule has 41 heavy (non-hydrogen) atoms. The molecule has 0 unspecified atom stereocenters. The number of sulfonamides is 1. The highest BCUT2D eigenvalue weighted by molar-refractivity contribution is 7.92. The highest BCUT2D eigenvalue weighted by Crippen LogP contribution is 2.28. The van der Waals surface area contributed by atoms with Crippen LogP contribution in [0.25, 0.3) is 0 Å². The first-order chi connectivity index (χ1) is 19.6. The number of hydrogen-bond acceptors (Lipinski definition) is 5. The number of aryl methyl sites for hydroxylation is 1. The van der Waals surface area contributed by atoms with Crippen molar-refractivity contribution in [1.29, 1.82) is 0 Å².